The zero-order valence-corrected chi connectivity index (χ0v) is 12.2. The summed E-state index contributed by atoms with van der Waals surface area (Å²) in [4.78, 5) is 25.2. The van der Waals surface area contributed by atoms with Crippen LogP contribution in [0.15, 0.2) is 25.3 Å². The van der Waals surface area contributed by atoms with E-state index in [1.54, 1.807) is 0 Å². The van der Waals surface area contributed by atoms with E-state index in [2.05, 4.69) is 13.2 Å². The van der Waals surface area contributed by atoms with Crippen molar-refractivity contribution in [1.29, 1.82) is 0 Å². The molecule has 0 aliphatic carbocycles. The van der Waals surface area contributed by atoms with Crippen molar-refractivity contribution in [2.24, 2.45) is 0 Å². The van der Waals surface area contributed by atoms with Gasteiger partial charge in [-0.2, -0.15) is 0 Å². The Hall–Kier alpha value is -1.58. The molecule has 0 aromatic rings. The number of hydrogen-bond acceptors (Lipinski definition) is 3. The Balaban J connectivity index is 2.99. The first-order valence-electron chi connectivity index (χ1n) is 6.44. The predicted molar refractivity (Wildman–Crippen MR) is 74.5 cm³/mol. The van der Waals surface area contributed by atoms with E-state index in [1.165, 1.54) is 12.2 Å². The Morgan fingerprint density at radius 2 is 1.58 bits per heavy atom. The van der Waals surface area contributed by atoms with Crippen LogP contribution in [0.5, 0.6) is 0 Å². The molecule has 0 saturated carbocycles. The van der Waals surface area contributed by atoms with E-state index in [-0.39, 0.29) is 23.1 Å². The van der Waals surface area contributed by atoms with Crippen molar-refractivity contribution in [2.45, 2.75) is 57.7 Å². The van der Waals surface area contributed by atoms with Gasteiger partial charge in [0, 0.05) is 30.0 Å². The monoisotopic (exact) mass is 265 g/mol. The number of carbonyl (C=O) groups is 2. The Kier molecular flexibility index (Phi) is 4.23. The Morgan fingerprint density at radius 1 is 1.11 bits per heavy atom. The first kappa shape index (κ1) is 15.5. The molecular weight excluding hydrogens is 242 g/mol. The van der Waals surface area contributed by atoms with Crippen LogP contribution in [0, 0.1) is 0 Å². The lowest BCUT2D eigenvalue weighted by Gasteiger charge is -2.54. The molecule has 1 aliphatic rings. The third-order valence-electron chi connectivity index (χ3n) is 3.51. The Labute approximate surface area is 115 Å². The molecule has 0 radical (unpaired) electrons. The molecule has 1 fully saturated rings. The number of likely N-dealkylation sites (tertiary alicyclic amines) is 1. The van der Waals surface area contributed by atoms with Crippen LogP contribution in [0.1, 0.15) is 40.5 Å². The first-order chi connectivity index (χ1) is 8.64. The topological polar surface area (TPSA) is 46.6 Å². The van der Waals surface area contributed by atoms with E-state index in [0.717, 1.165) is 0 Å². The molecule has 19 heavy (non-hydrogen) atoms. The van der Waals surface area contributed by atoms with Crippen molar-refractivity contribution >= 4 is 11.9 Å². The summed E-state index contributed by atoms with van der Waals surface area (Å²) in [6.07, 6.45) is 3.51. The predicted octanol–water partition coefficient (Wildman–Crippen LogP) is 2.45. The molecule has 1 saturated heterocycles. The normalized spacial score (nSPS) is 21.6. The number of esters is 1. The molecule has 1 heterocycles. The summed E-state index contributed by atoms with van der Waals surface area (Å²) in [5.41, 5.74) is -0.779. The van der Waals surface area contributed by atoms with E-state index < -0.39 is 5.97 Å². The maximum atomic E-state index is 12.1. The van der Waals surface area contributed by atoms with Gasteiger partial charge in [-0.25, -0.2) is 4.79 Å². The molecule has 0 aromatic carbocycles. The molecule has 0 N–H and O–H groups in total. The third-order valence-corrected chi connectivity index (χ3v) is 3.51. The first-order valence-corrected chi connectivity index (χ1v) is 6.44. The minimum Gasteiger partial charge on any atom is -0.459 e. The number of ether oxygens (including phenoxy) is 1. The van der Waals surface area contributed by atoms with Gasteiger partial charge in [-0.15, -0.1) is 0 Å². The summed E-state index contributed by atoms with van der Waals surface area (Å²) >= 11 is 0. The largest absolute Gasteiger partial charge is 0.459 e. The SMILES string of the molecule is C=CC(=O)OC1CC(C)(C)N(C(=O)C=C)C(C)(C)C1. The van der Waals surface area contributed by atoms with Crippen LogP contribution in [-0.4, -0.2) is 34.0 Å². The van der Waals surface area contributed by atoms with Crippen molar-refractivity contribution in [3.63, 3.8) is 0 Å². The lowest BCUT2D eigenvalue weighted by Crippen LogP contribution is -2.64. The van der Waals surface area contributed by atoms with Gasteiger partial charge in [0.1, 0.15) is 6.10 Å². The second-order valence-electron chi connectivity index (χ2n) is 6.17. The van der Waals surface area contributed by atoms with E-state index in [0.29, 0.717) is 12.8 Å². The Morgan fingerprint density at radius 3 is 1.95 bits per heavy atom. The second kappa shape index (κ2) is 5.19. The minimum atomic E-state index is -0.417. The number of nitrogens with zero attached hydrogens (tertiary/aromatic N) is 1. The summed E-state index contributed by atoms with van der Waals surface area (Å²) in [6.45, 7) is 14.9. The maximum absolute atomic E-state index is 12.1. The molecule has 1 amide bonds. The lowest BCUT2D eigenvalue weighted by molar-refractivity contribution is -0.161. The van der Waals surface area contributed by atoms with Crippen LogP contribution in [-0.2, 0) is 14.3 Å². The van der Waals surface area contributed by atoms with Gasteiger partial charge in [-0.05, 0) is 33.8 Å². The third kappa shape index (κ3) is 3.25. The molecule has 106 valence electrons. The van der Waals surface area contributed by atoms with Gasteiger partial charge >= 0.3 is 5.97 Å². The van der Waals surface area contributed by atoms with Crippen molar-refractivity contribution in [3.8, 4) is 0 Å². The number of piperidine rings is 1. The van der Waals surface area contributed by atoms with Gasteiger partial charge in [0.15, 0.2) is 0 Å². The van der Waals surface area contributed by atoms with Crippen LogP contribution in [0.25, 0.3) is 0 Å². The fraction of sp³-hybridized carbons (Fsp3) is 0.600. The van der Waals surface area contributed by atoms with Crippen molar-refractivity contribution < 1.29 is 14.3 Å². The van der Waals surface area contributed by atoms with Crippen LogP contribution < -0.4 is 0 Å². The van der Waals surface area contributed by atoms with Crippen LogP contribution in [0.3, 0.4) is 0 Å². The molecule has 0 unspecified atom stereocenters. The lowest BCUT2D eigenvalue weighted by atomic mass is 9.78. The van der Waals surface area contributed by atoms with Crippen molar-refractivity contribution in [2.75, 3.05) is 0 Å². The van der Waals surface area contributed by atoms with E-state index in [9.17, 15) is 9.59 Å². The summed E-state index contributed by atoms with van der Waals surface area (Å²) in [7, 11) is 0. The fourth-order valence-electron chi connectivity index (χ4n) is 3.17. The highest BCUT2D eigenvalue weighted by Crippen LogP contribution is 2.39. The highest BCUT2D eigenvalue weighted by atomic mass is 16.5. The summed E-state index contributed by atoms with van der Waals surface area (Å²) in [5.74, 6) is -0.511. The summed E-state index contributed by atoms with van der Waals surface area (Å²) in [6, 6.07) is 0. The molecular formula is C15H23NO3. The quantitative estimate of drug-likeness (QED) is 0.581. The van der Waals surface area contributed by atoms with Gasteiger partial charge < -0.3 is 9.64 Å². The van der Waals surface area contributed by atoms with Crippen LogP contribution in [0.4, 0.5) is 0 Å². The smallest absolute Gasteiger partial charge is 0.330 e. The molecule has 0 aromatic heterocycles. The van der Waals surface area contributed by atoms with Crippen molar-refractivity contribution in [1.82, 2.24) is 4.90 Å². The molecule has 1 aliphatic heterocycles. The number of carbonyl (C=O) groups excluding carboxylic acids is 2. The zero-order chi connectivity index (χ0) is 14.8. The van der Waals surface area contributed by atoms with E-state index in [1.807, 2.05) is 32.6 Å². The van der Waals surface area contributed by atoms with Crippen LogP contribution in [0.2, 0.25) is 0 Å². The van der Waals surface area contributed by atoms with E-state index in [4.69, 9.17) is 4.74 Å². The zero-order valence-electron chi connectivity index (χ0n) is 12.2. The number of hydrogen-bond donors (Lipinski definition) is 0. The average molecular weight is 265 g/mol. The standard InChI is InChI=1S/C15H23NO3/c1-7-12(17)16-14(3,4)9-11(10-15(16,5)6)19-13(18)8-2/h7-8,11H,1-2,9-10H2,3-6H3. The minimum absolute atomic E-state index is 0.0940. The molecule has 4 heteroatoms. The van der Waals surface area contributed by atoms with Crippen molar-refractivity contribution in [3.05, 3.63) is 25.3 Å². The van der Waals surface area contributed by atoms with Gasteiger partial charge in [0.2, 0.25) is 5.91 Å². The molecule has 0 spiro atoms. The molecule has 0 bridgehead atoms. The second-order valence-corrected chi connectivity index (χ2v) is 6.17. The molecule has 1 rings (SSSR count). The van der Waals surface area contributed by atoms with Gasteiger partial charge in [0.25, 0.3) is 0 Å². The maximum Gasteiger partial charge on any atom is 0.330 e. The van der Waals surface area contributed by atoms with Gasteiger partial charge in [-0.3, -0.25) is 4.79 Å². The van der Waals surface area contributed by atoms with Crippen LogP contribution >= 0.6 is 0 Å². The highest BCUT2D eigenvalue weighted by molar-refractivity contribution is 5.88. The number of amides is 1. The molecule has 4 nitrogen and oxygen atoms in total. The number of rotatable bonds is 3. The van der Waals surface area contributed by atoms with Gasteiger partial charge in [-0.1, -0.05) is 13.2 Å². The highest BCUT2D eigenvalue weighted by Gasteiger charge is 2.48. The van der Waals surface area contributed by atoms with Gasteiger partial charge in [0.05, 0.1) is 0 Å². The average Bonchev–Trinajstić information content (AvgIpc) is 2.24. The fourth-order valence-corrected chi connectivity index (χ4v) is 3.17. The molecule has 0 atom stereocenters. The summed E-state index contributed by atoms with van der Waals surface area (Å²) in [5, 5.41) is 0. The summed E-state index contributed by atoms with van der Waals surface area (Å²) < 4.78 is 5.35. The van der Waals surface area contributed by atoms with E-state index >= 15 is 0 Å². The Bertz CT molecular complexity index is 392.